The zero-order valence-corrected chi connectivity index (χ0v) is 14.2. The van der Waals surface area contributed by atoms with Crippen LogP contribution in [-0.4, -0.2) is 27.2 Å². The fourth-order valence-electron chi connectivity index (χ4n) is 2.84. The van der Waals surface area contributed by atoms with Crippen LogP contribution in [0, 0.1) is 5.41 Å². The van der Waals surface area contributed by atoms with Crippen molar-refractivity contribution in [2.45, 2.75) is 64.9 Å². The molecule has 1 fully saturated rings. The van der Waals surface area contributed by atoms with Crippen molar-refractivity contribution in [3.8, 4) is 0 Å². The monoisotopic (exact) mass is 311 g/mol. The number of aliphatic hydroxyl groups is 1. The van der Waals surface area contributed by atoms with E-state index in [0.29, 0.717) is 17.1 Å². The summed E-state index contributed by atoms with van der Waals surface area (Å²) in [6.45, 7) is 9.17. The SMILES string of the molecule is CC(C)c1c(Cl)ncnc1NCC1(O)CCC(C)(C)CC1. The molecule has 0 radical (unpaired) electrons. The van der Waals surface area contributed by atoms with Gasteiger partial charge < -0.3 is 10.4 Å². The van der Waals surface area contributed by atoms with Crippen molar-refractivity contribution in [2.75, 3.05) is 11.9 Å². The van der Waals surface area contributed by atoms with Gasteiger partial charge in [-0.1, -0.05) is 39.3 Å². The molecule has 1 aliphatic rings. The van der Waals surface area contributed by atoms with Crippen LogP contribution in [0.5, 0.6) is 0 Å². The van der Waals surface area contributed by atoms with Gasteiger partial charge in [0, 0.05) is 12.1 Å². The van der Waals surface area contributed by atoms with Crippen LogP contribution in [0.25, 0.3) is 0 Å². The van der Waals surface area contributed by atoms with Crippen LogP contribution >= 0.6 is 11.6 Å². The largest absolute Gasteiger partial charge is 0.388 e. The topological polar surface area (TPSA) is 58.0 Å². The molecule has 2 rings (SSSR count). The second-order valence-corrected chi connectivity index (χ2v) is 7.68. The Labute approximate surface area is 132 Å². The van der Waals surface area contributed by atoms with Crippen molar-refractivity contribution in [2.24, 2.45) is 5.41 Å². The summed E-state index contributed by atoms with van der Waals surface area (Å²) >= 11 is 6.16. The molecule has 0 aromatic carbocycles. The second kappa shape index (κ2) is 6.09. The highest BCUT2D eigenvalue weighted by Gasteiger charge is 2.36. The van der Waals surface area contributed by atoms with Crippen LogP contribution in [0.15, 0.2) is 6.33 Å². The van der Waals surface area contributed by atoms with Crippen LogP contribution in [0.3, 0.4) is 0 Å². The molecule has 118 valence electrons. The fraction of sp³-hybridized carbons (Fsp3) is 0.750. The summed E-state index contributed by atoms with van der Waals surface area (Å²) in [5.74, 6) is 0.976. The maximum Gasteiger partial charge on any atom is 0.138 e. The molecule has 1 saturated carbocycles. The lowest BCUT2D eigenvalue weighted by atomic mass is 9.71. The number of hydrogen-bond donors (Lipinski definition) is 2. The highest BCUT2D eigenvalue weighted by Crippen LogP contribution is 2.40. The van der Waals surface area contributed by atoms with Gasteiger partial charge in [-0.2, -0.15) is 0 Å². The molecular weight excluding hydrogens is 286 g/mol. The number of rotatable bonds is 4. The van der Waals surface area contributed by atoms with Gasteiger partial charge in [0.25, 0.3) is 0 Å². The Morgan fingerprint density at radius 2 is 1.86 bits per heavy atom. The van der Waals surface area contributed by atoms with Crippen LogP contribution in [0.2, 0.25) is 5.15 Å². The first-order valence-corrected chi connectivity index (χ1v) is 8.07. The molecule has 0 saturated heterocycles. The van der Waals surface area contributed by atoms with Gasteiger partial charge in [-0.15, -0.1) is 0 Å². The first-order chi connectivity index (χ1) is 9.72. The van der Waals surface area contributed by atoms with Gasteiger partial charge in [-0.25, -0.2) is 9.97 Å². The summed E-state index contributed by atoms with van der Waals surface area (Å²) in [6.07, 6.45) is 5.20. The summed E-state index contributed by atoms with van der Waals surface area (Å²) in [5, 5.41) is 14.5. The highest BCUT2D eigenvalue weighted by atomic mass is 35.5. The molecule has 0 spiro atoms. The minimum absolute atomic E-state index is 0.237. The molecule has 1 heterocycles. The van der Waals surface area contributed by atoms with Crippen molar-refractivity contribution in [1.82, 2.24) is 9.97 Å². The molecule has 0 aliphatic heterocycles. The van der Waals surface area contributed by atoms with E-state index in [-0.39, 0.29) is 5.92 Å². The average molecular weight is 312 g/mol. The lowest BCUT2D eigenvalue weighted by molar-refractivity contribution is -0.0146. The van der Waals surface area contributed by atoms with Gasteiger partial charge in [0.1, 0.15) is 17.3 Å². The Balaban J connectivity index is 2.05. The lowest BCUT2D eigenvalue weighted by Crippen LogP contribution is -2.42. The Morgan fingerprint density at radius 1 is 1.24 bits per heavy atom. The zero-order valence-electron chi connectivity index (χ0n) is 13.4. The van der Waals surface area contributed by atoms with Crippen LogP contribution in [0.1, 0.15) is 64.9 Å². The Morgan fingerprint density at radius 3 is 2.43 bits per heavy atom. The number of halogens is 1. The van der Waals surface area contributed by atoms with Gasteiger partial charge in [0.05, 0.1) is 5.60 Å². The summed E-state index contributed by atoms with van der Waals surface area (Å²) in [7, 11) is 0. The third kappa shape index (κ3) is 4.07. The third-order valence-electron chi connectivity index (χ3n) is 4.53. The number of anilines is 1. The van der Waals surface area contributed by atoms with E-state index in [9.17, 15) is 5.11 Å². The van der Waals surface area contributed by atoms with Crippen LogP contribution in [-0.2, 0) is 0 Å². The molecule has 1 aromatic rings. The van der Waals surface area contributed by atoms with E-state index in [1.807, 2.05) is 0 Å². The first-order valence-electron chi connectivity index (χ1n) is 7.69. The van der Waals surface area contributed by atoms with Crippen molar-refractivity contribution in [3.63, 3.8) is 0 Å². The van der Waals surface area contributed by atoms with E-state index in [0.717, 1.165) is 37.1 Å². The Bertz CT molecular complexity index is 492. The van der Waals surface area contributed by atoms with Crippen molar-refractivity contribution in [3.05, 3.63) is 17.0 Å². The quantitative estimate of drug-likeness (QED) is 0.825. The molecule has 2 N–H and O–H groups in total. The standard InChI is InChI=1S/C16H26ClN3O/c1-11(2)12-13(17)19-10-20-14(12)18-9-16(21)7-5-15(3,4)6-8-16/h10-11,21H,5-9H2,1-4H3,(H,18,19,20). The number of nitrogens with one attached hydrogen (secondary N) is 1. The molecular formula is C16H26ClN3O. The maximum absolute atomic E-state index is 10.7. The van der Waals surface area contributed by atoms with E-state index in [2.05, 4.69) is 43.0 Å². The molecule has 5 heteroatoms. The molecule has 21 heavy (non-hydrogen) atoms. The van der Waals surface area contributed by atoms with Crippen molar-refractivity contribution >= 4 is 17.4 Å². The lowest BCUT2D eigenvalue weighted by Gasteiger charge is -2.40. The van der Waals surface area contributed by atoms with Gasteiger partial charge in [0.15, 0.2) is 0 Å². The highest BCUT2D eigenvalue weighted by molar-refractivity contribution is 6.30. The molecule has 4 nitrogen and oxygen atoms in total. The van der Waals surface area contributed by atoms with E-state index < -0.39 is 5.60 Å². The smallest absolute Gasteiger partial charge is 0.138 e. The summed E-state index contributed by atoms with van der Waals surface area (Å²) < 4.78 is 0. The van der Waals surface area contributed by atoms with E-state index in [1.54, 1.807) is 0 Å². The average Bonchev–Trinajstić information content (AvgIpc) is 2.40. The third-order valence-corrected chi connectivity index (χ3v) is 4.83. The molecule has 0 bridgehead atoms. The van der Waals surface area contributed by atoms with Crippen LogP contribution in [0.4, 0.5) is 5.82 Å². The predicted octanol–water partition coefficient (Wildman–Crippen LogP) is 4.00. The van der Waals surface area contributed by atoms with E-state index in [1.165, 1.54) is 6.33 Å². The van der Waals surface area contributed by atoms with E-state index >= 15 is 0 Å². The first kappa shape index (κ1) is 16.5. The zero-order chi connectivity index (χ0) is 15.7. The molecule has 0 amide bonds. The van der Waals surface area contributed by atoms with Crippen LogP contribution < -0.4 is 5.32 Å². The van der Waals surface area contributed by atoms with Gasteiger partial charge in [-0.05, 0) is 37.0 Å². The molecule has 1 aliphatic carbocycles. The normalized spacial score (nSPS) is 20.5. The molecule has 0 unspecified atom stereocenters. The minimum Gasteiger partial charge on any atom is -0.388 e. The number of hydrogen-bond acceptors (Lipinski definition) is 4. The second-order valence-electron chi connectivity index (χ2n) is 7.32. The van der Waals surface area contributed by atoms with Crippen molar-refractivity contribution in [1.29, 1.82) is 0 Å². The predicted molar refractivity (Wildman–Crippen MR) is 86.8 cm³/mol. The summed E-state index contributed by atoms with van der Waals surface area (Å²) in [5.41, 5.74) is 0.605. The van der Waals surface area contributed by atoms with Gasteiger partial charge in [0.2, 0.25) is 0 Å². The fourth-order valence-corrected chi connectivity index (χ4v) is 3.20. The Hall–Kier alpha value is -0.870. The van der Waals surface area contributed by atoms with Gasteiger partial charge >= 0.3 is 0 Å². The van der Waals surface area contributed by atoms with E-state index in [4.69, 9.17) is 11.6 Å². The number of aromatic nitrogens is 2. The maximum atomic E-state index is 10.7. The number of nitrogens with zero attached hydrogens (tertiary/aromatic N) is 2. The van der Waals surface area contributed by atoms with Gasteiger partial charge in [-0.3, -0.25) is 0 Å². The summed E-state index contributed by atoms with van der Waals surface area (Å²) in [6, 6.07) is 0. The van der Waals surface area contributed by atoms with Crippen molar-refractivity contribution < 1.29 is 5.11 Å². The molecule has 0 atom stereocenters. The summed E-state index contributed by atoms with van der Waals surface area (Å²) in [4.78, 5) is 8.33. The molecule has 1 aromatic heterocycles. The minimum atomic E-state index is -0.652. The Kier molecular flexibility index (Phi) is 4.79.